The van der Waals surface area contributed by atoms with Gasteiger partial charge in [-0.1, -0.05) is 154 Å². The second kappa shape index (κ2) is 15.8. The van der Waals surface area contributed by atoms with Crippen molar-refractivity contribution in [2.75, 3.05) is 9.80 Å². The van der Waals surface area contributed by atoms with E-state index in [1.165, 1.54) is 10.9 Å². The summed E-state index contributed by atoms with van der Waals surface area (Å²) in [6.45, 7) is 8.88. The molecule has 3 heterocycles. The van der Waals surface area contributed by atoms with E-state index in [1.807, 2.05) is 24.4 Å². The standard InChI is InChI=1S/C56H41N4O.Pt/c1-56(2,3)41-32-33-57-53(34-41)60-50-27-13-12-24-48(50)49-30-29-44(36-52(49)60)61-43-22-14-21-42(35-43)58-37-59(55-47-23-11-10-20-40(47)28-31-51(55)58)54-45(38-16-6-4-7-17-38)25-15-26-46(54)39-18-8-5-9-19-39;/h4-34,37H,1-3H3;/q-3;. The van der Waals surface area contributed by atoms with Crippen LogP contribution in [0.3, 0.4) is 0 Å². The summed E-state index contributed by atoms with van der Waals surface area (Å²) < 4.78 is 8.87. The first-order valence-electron chi connectivity index (χ1n) is 20.7. The summed E-state index contributed by atoms with van der Waals surface area (Å²) >= 11 is 0. The van der Waals surface area contributed by atoms with Crippen molar-refractivity contribution in [2.24, 2.45) is 0 Å². The predicted molar refractivity (Wildman–Crippen MR) is 251 cm³/mol. The Morgan fingerprint density at radius 1 is 0.548 bits per heavy atom. The Kier molecular flexibility index (Phi) is 10.0. The second-order valence-electron chi connectivity index (χ2n) is 16.5. The van der Waals surface area contributed by atoms with Gasteiger partial charge in [-0.15, -0.1) is 48.1 Å². The third-order valence-electron chi connectivity index (χ3n) is 11.7. The molecule has 0 unspecified atom stereocenters. The number of hydrogen-bond acceptors (Lipinski definition) is 4. The molecule has 0 saturated carbocycles. The molecule has 0 bridgehead atoms. The summed E-state index contributed by atoms with van der Waals surface area (Å²) in [5.41, 5.74) is 11.9. The van der Waals surface area contributed by atoms with Crippen LogP contribution in [0.5, 0.6) is 11.5 Å². The van der Waals surface area contributed by atoms with E-state index in [-0.39, 0.29) is 26.5 Å². The number of rotatable bonds is 7. The van der Waals surface area contributed by atoms with Crippen molar-refractivity contribution < 1.29 is 25.8 Å². The van der Waals surface area contributed by atoms with Crippen LogP contribution in [-0.4, -0.2) is 9.55 Å². The Balaban J connectivity index is 0.00000458. The first-order valence-corrected chi connectivity index (χ1v) is 20.7. The van der Waals surface area contributed by atoms with Crippen molar-refractivity contribution >= 4 is 55.3 Å². The summed E-state index contributed by atoms with van der Waals surface area (Å²) in [7, 11) is 0. The fourth-order valence-corrected chi connectivity index (χ4v) is 8.73. The van der Waals surface area contributed by atoms with Gasteiger partial charge in [-0.3, -0.25) is 0 Å². The summed E-state index contributed by atoms with van der Waals surface area (Å²) in [6, 6.07) is 71.2. The molecule has 10 aromatic rings. The van der Waals surface area contributed by atoms with Crippen LogP contribution >= 0.6 is 0 Å². The van der Waals surface area contributed by atoms with Gasteiger partial charge in [0.2, 0.25) is 0 Å². The molecular weight excluding hydrogens is 940 g/mol. The van der Waals surface area contributed by atoms with Crippen LogP contribution in [-0.2, 0) is 26.5 Å². The molecule has 0 saturated heterocycles. The molecular formula is C56H41N4OPt-3. The molecule has 5 nitrogen and oxygen atoms in total. The van der Waals surface area contributed by atoms with E-state index in [1.54, 1.807) is 0 Å². The third kappa shape index (κ3) is 6.83. The zero-order chi connectivity index (χ0) is 41.1. The van der Waals surface area contributed by atoms with Gasteiger partial charge in [0, 0.05) is 77.9 Å². The van der Waals surface area contributed by atoms with Crippen molar-refractivity contribution in [3.8, 4) is 39.6 Å². The van der Waals surface area contributed by atoms with Gasteiger partial charge in [0.25, 0.3) is 0 Å². The maximum absolute atomic E-state index is 6.68. The first-order chi connectivity index (χ1) is 29.9. The molecule has 6 heteroatoms. The van der Waals surface area contributed by atoms with Crippen molar-refractivity contribution in [2.45, 2.75) is 26.2 Å². The fraction of sp³-hybridized carbons (Fsp3) is 0.0714. The number of aromatic nitrogens is 2. The molecule has 1 aliphatic heterocycles. The van der Waals surface area contributed by atoms with Gasteiger partial charge in [-0.25, -0.2) is 4.98 Å². The average molecular weight is 981 g/mol. The topological polar surface area (TPSA) is 33.5 Å². The number of benzene rings is 8. The van der Waals surface area contributed by atoms with Crippen LogP contribution in [0.2, 0.25) is 0 Å². The number of fused-ring (bicyclic) bond motifs is 6. The van der Waals surface area contributed by atoms with E-state index in [2.05, 4.69) is 218 Å². The number of anilines is 4. The van der Waals surface area contributed by atoms with Crippen LogP contribution in [0.4, 0.5) is 22.7 Å². The van der Waals surface area contributed by atoms with Crippen LogP contribution in [0.15, 0.2) is 188 Å². The van der Waals surface area contributed by atoms with Crippen LogP contribution in [0.25, 0.3) is 60.6 Å². The Hall–Kier alpha value is -6.94. The molecule has 0 N–H and O–H groups in total. The summed E-state index contributed by atoms with van der Waals surface area (Å²) in [5, 5.41) is 4.56. The minimum atomic E-state index is -0.0256. The summed E-state index contributed by atoms with van der Waals surface area (Å²) in [4.78, 5) is 9.45. The van der Waals surface area contributed by atoms with Crippen molar-refractivity contribution in [1.29, 1.82) is 0 Å². The monoisotopic (exact) mass is 980 g/mol. The number of para-hydroxylation sites is 2. The predicted octanol–water partition coefficient (Wildman–Crippen LogP) is 14.8. The zero-order valence-electron chi connectivity index (χ0n) is 34.5. The molecule has 0 fully saturated rings. The molecule has 0 spiro atoms. The van der Waals surface area contributed by atoms with Crippen LogP contribution in [0.1, 0.15) is 26.3 Å². The Morgan fingerprint density at radius 3 is 1.95 bits per heavy atom. The van der Waals surface area contributed by atoms with E-state index >= 15 is 0 Å². The number of nitrogens with zero attached hydrogens (tertiary/aromatic N) is 4. The number of pyridine rings is 1. The quantitative estimate of drug-likeness (QED) is 0.149. The fourth-order valence-electron chi connectivity index (χ4n) is 8.73. The van der Waals surface area contributed by atoms with Crippen molar-refractivity contribution in [1.82, 2.24) is 9.55 Å². The minimum Gasteiger partial charge on any atom is -0.509 e. The van der Waals surface area contributed by atoms with E-state index in [9.17, 15) is 0 Å². The van der Waals surface area contributed by atoms with E-state index in [0.29, 0.717) is 11.5 Å². The average Bonchev–Trinajstić information content (AvgIpc) is 3.85. The molecule has 0 amide bonds. The third-order valence-corrected chi connectivity index (χ3v) is 11.7. The van der Waals surface area contributed by atoms with Gasteiger partial charge in [0.05, 0.1) is 0 Å². The van der Waals surface area contributed by atoms with Crippen molar-refractivity contribution in [3.05, 3.63) is 213 Å². The zero-order valence-corrected chi connectivity index (χ0v) is 36.8. The number of ether oxygens (including phenoxy) is 1. The maximum atomic E-state index is 6.68. The maximum Gasteiger partial charge on any atom is 0.135 e. The van der Waals surface area contributed by atoms with Gasteiger partial charge >= 0.3 is 0 Å². The Labute approximate surface area is 376 Å². The van der Waals surface area contributed by atoms with E-state index in [4.69, 9.17) is 9.72 Å². The molecule has 304 valence electrons. The van der Waals surface area contributed by atoms with Gasteiger partial charge in [-0.2, -0.15) is 12.1 Å². The summed E-state index contributed by atoms with van der Waals surface area (Å²) in [6.07, 6.45) is 1.90. The van der Waals surface area contributed by atoms with Gasteiger partial charge in [-0.05, 0) is 57.1 Å². The molecule has 0 atom stereocenters. The SMILES string of the molecule is CC(C)(C)c1ccnc(-n2c3[c-]c(Oc4[c-]c(N5[CH-]N(c6c(-c7ccccc7)cccc6-c6ccccc6)c6c5ccc5ccccc65)ccc4)ccc3c3ccccc32)c1.[Pt]. The largest absolute Gasteiger partial charge is 0.509 e. The molecule has 2 aromatic heterocycles. The van der Waals surface area contributed by atoms with Crippen LogP contribution < -0.4 is 14.5 Å². The van der Waals surface area contributed by atoms with E-state index in [0.717, 1.165) is 78.0 Å². The van der Waals surface area contributed by atoms with Gasteiger partial charge in [0.15, 0.2) is 0 Å². The Morgan fingerprint density at radius 2 is 1.21 bits per heavy atom. The minimum absolute atomic E-state index is 0. The normalized spacial score (nSPS) is 12.5. The molecule has 62 heavy (non-hydrogen) atoms. The molecule has 11 rings (SSSR count). The van der Waals surface area contributed by atoms with Gasteiger partial charge < -0.3 is 19.1 Å². The Bertz CT molecular complexity index is 3200. The van der Waals surface area contributed by atoms with Gasteiger partial charge in [0.1, 0.15) is 5.82 Å². The number of hydrogen-bond donors (Lipinski definition) is 0. The second-order valence-corrected chi connectivity index (χ2v) is 16.5. The smallest absolute Gasteiger partial charge is 0.135 e. The molecule has 1 aliphatic rings. The molecule has 0 radical (unpaired) electrons. The summed E-state index contributed by atoms with van der Waals surface area (Å²) in [5.74, 6) is 2.04. The van der Waals surface area contributed by atoms with E-state index < -0.39 is 0 Å². The molecule has 0 aliphatic carbocycles. The molecule has 8 aromatic carbocycles. The first kappa shape index (κ1) is 39.2. The van der Waals surface area contributed by atoms with Crippen LogP contribution in [0, 0.1) is 18.8 Å². The van der Waals surface area contributed by atoms with Crippen molar-refractivity contribution in [3.63, 3.8) is 0 Å².